The molecule has 0 nitrogen and oxygen atoms in total. The molecular formula is C14H18. The predicted octanol–water partition coefficient (Wildman–Crippen LogP) is 3.99. The minimum absolute atomic E-state index is 1.08. The van der Waals surface area contributed by atoms with Crippen LogP contribution in [0.15, 0.2) is 42.5 Å². The second-order valence-corrected chi connectivity index (χ2v) is 3.61. The summed E-state index contributed by atoms with van der Waals surface area (Å²) in [5.41, 5.74) is 3.96. The second-order valence-electron chi connectivity index (χ2n) is 3.61. The Bertz CT molecular complexity index is 349. The minimum Gasteiger partial charge on any atom is -0.0620 e. The molecule has 0 heterocycles. The van der Waals surface area contributed by atoms with Crippen molar-refractivity contribution in [2.45, 2.75) is 27.2 Å². The Morgan fingerprint density at radius 2 is 1.50 bits per heavy atom. The first-order valence-corrected chi connectivity index (χ1v) is 5.13. The molecule has 0 aliphatic carbocycles. The highest BCUT2D eigenvalue weighted by Crippen LogP contribution is 2.02. The molecule has 0 aromatic heterocycles. The van der Waals surface area contributed by atoms with E-state index in [0.29, 0.717) is 0 Å². The van der Waals surface area contributed by atoms with Crippen LogP contribution in [0.1, 0.15) is 23.6 Å². The van der Waals surface area contributed by atoms with Crippen molar-refractivity contribution in [3.8, 4) is 0 Å². The maximum Gasteiger partial charge on any atom is -0.0307 e. The lowest BCUT2D eigenvalue weighted by Crippen LogP contribution is -1.77. The highest BCUT2D eigenvalue weighted by molar-refractivity contribution is 5.20. The molecule has 0 radical (unpaired) electrons. The summed E-state index contributed by atoms with van der Waals surface area (Å²) in [5, 5.41) is 0. The van der Waals surface area contributed by atoms with Crippen molar-refractivity contribution >= 4 is 0 Å². The second kappa shape index (κ2) is 5.43. The highest BCUT2D eigenvalue weighted by Gasteiger charge is 1.84. The van der Waals surface area contributed by atoms with Crippen molar-refractivity contribution in [2.75, 3.05) is 0 Å². The SMILES string of the molecule is CCc1ccc(C)ccccc(C)c1. The van der Waals surface area contributed by atoms with E-state index in [1.54, 1.807) is 0 Å². The van der Waals surface area contributed by atoms with Gasteiger partial charge in [0.2, 0.25) is 0 Å². The first-order chi connectivity index (χ1) is 6.72. The molecule has 0 spiro atoms. The van der Waals surface area contributed by atoms with Gasteiger partial charge in [-0.3, -0.25) is 0 Å². The molecule has 0 aliphatic heterocycles. The third-order valence-corrected chi connectivity index (χ3v) is 2.21. The van der Waals surface area contributed by atoms with Crippen molar-refractivity contribution < 1.29 is 0 Å². The van der Waals surface area contributed by atoms with Crippen LogP contribution in [0, 0.1) is 13.8 Å². The van der Waals surface area contributed by atoms with Crippen molar-refractivity contribution in [1.82, 2.24) is 0 Å². The number of rotatable bonds is 1. The van der Waals surface area contributed by atoms with Crippen LogP contribution < -0.4 is 0 Å². The van der Waals surface area contributed by atoms with Gasteiger partial charge in [0.15, 0.2) is 0 Å². The molecule has 1 aromatic carbocycles. The first kappa shape index (κ1) is 10.8. The van der Waals surface area contributed by atoms with E-state index in [-0.39, 0.29) is 0 Å². The molecule has 0 unspecified atom stereocenters. The highest BCUT2D eigenvalue weighted by atomic mass is 13.9. The van der Waals surface area contributed by atoms with Crippen molar-refractivity contribution in [3.63, 3.8) is 0 Å². The maximum absolute atomic E-state index is 2.24. The maximum atomic E-state index is 2.24. The normalized spacial score (nSPS) is 9.36. The van der Waals surface area contributed by atoms with Crippen LogP contribution in [0.2, 0.25) is 0 Å². The van der Waals surface area contributed by atoms with Crippen LogP contribution in [-0.2, 0) is 6.42 Å². The average Bonchev–Trinajstić information content (AvgIpc) is 2.18. The predicted molar refractivity (Wildman–Crippen MR) is 62.9 cm³/mol. The zero-order valence-corrected chi connectivity index (χ0v) is 9.25. The fourth-order valence-corrected chi connectivity index (χ4v) is 1.32. The molecule has 74 valence electrons. The number of aryl methyl sites for hydroxylation is 3. The van der Waals surface area contributed by atoms with Gasteiger partial charge in [0.1, 0.15) is 0 Å². The van der Waals surface area contributed by atoms with Crippen LogP contribution in [-0.4, -0.2) is 0 Å². The summed E-state index contributed by atoms with van der Waals surface area (Å²) in [5.74, 6) is 0. The van der Waals surface area contributed by atoms with E-state index in [9.17, 15) is 0 Å². The summed E-state index contributed by atoms with van der Waals surface area (Å²) < 4.78 is 0. The lowest BCUT2D eigenvalue weighted by molar-refractivity contribution is 1.14. The van der Waals surface area contributed by atoms with Crippen LogP contribution in [0.4, 0.5) is 0 Å². The van der Waals surface area contributed by atoms with E-state index >= 15 is 0 Å². The summed E-state index contributed by atoms with van der Waals surface area (Å²) in [6.07, 6.45) is 1.08. The Labute approximate surface area is 86.9 Å². The third-order valence-electron chi connectivity index (χ3n) is 2.21. The lowest BCUT2D eigenvalue weighted by atomic mass is 10.1. The van der Waals surface area contributed by atoms with E-state index < -0.39 is 0 Å². The van der Waals surface area contributed by atoms with Crippen LogP contribution in [0.25, 0.3) is 0 Å². The van der Waals surface area contributed by atoms with Gasteiger partial charge in [-0.1, -0.05) is 60.5 Å². The van der Waals surface area contributed by atoms with Gasteiger partial charge in [0.05, 0.1) is 0 Å². The molecule has 1 aromatic rings. The van der Waals surface area contributed by atoms with Crippen molar-refractivity contribution in [3.05, 3.63) is 59.2 Å². The Balaban J connectivity index is 3.31. The molecule has 0 heteroatoms. The van der Waals surface area contributed by atoms with Gasteiger partial charge in [-0.25, -0.2) is 0 Å². The quantitative estimate of drug-likeness (QED) is 0.622. The fourth-order valence-electron chi connectivity index (χ4n) is 1.32. The summed E-state index contributed by atoms with van der Waals surface area (Å²) in [6, 6.07) is 15.0. The van der Waals surface area contributed by atoms with Gasteiger partial charge in [0.25, 0.3) is 0 Å². The van der Waals surface area contributed by atoms with Crippen LogP contribution in [0.5, 0.6) is 0 Å². The van der Waals surface area contributed by atoms with Gasteiger partial charge in [-0.05, 0) is 25.8 Å². The average molecular weight is 186 g/mol. The molecule has 0 saturated carbocycles. The Hall–Kier alpha value is -1.30. The van der Waals surface area contributed by atoms with E-state index in [2.05, 4.69) is 63.2 Å². The fraction of sp³-hybridized carbons (Fsp3) is 0.286. The smallest absolute Gasteiger partial charge is 0.0307 e. The van der Waals surface area contributed by atoms with E-state index in [4.69, 9.17) is 0 Å². The van der Waals surface area contributed by atoms with Crippen molar-refractivity contribution in [1.29, 1.82) is 0 Å². The molecule has 1 rings (SSSR count). The minimum atomic E-state index is 1.08. The number of hydrogen-bond donors (Lipinski definition) is 0. The molecule has 0 aliphatic rings. The Morgan fingerprint density at radius 1 is 0.857 bits per heavy atom. The zero-order valence-electron chi connectivity index (χ0n) is 9.25. The number of hydrogen-bond acceptors (Lipinski definition) is 0. The third kappa shape index (κ3) is 3.61. The van der Waals surface area contributed by atoms with E-state index in [1.807, 2.05) is 0 Å². The molecule has 0 amide bonds. The first-order valence-electron chi connectivity index (χ1n) is 5.13. The van der Waals surface area contributed by atoms with Gasteiger partial charge < -0.3 is 0 Å². The Kier molecular flexibility index (Phi) is 4.18. The summed E-state index contributed by atoms with van der Waals surface area (Å²) in [4.78, 5) is 0. The molecular weight excluding hydrogens is 168 g/mol. The molecule has 14 heavy (non-hydrogen) atoms. The lowest BCUT2D eigenvalue weighted by Gasteiger charge is -1.93. The standard InChI is InChI=1S/C14H18/c1-4-14-10-9-12(2)7-5-6-8-13(3)11-14/h5-11H,4H2,1-3H3. The summed E-state index contributed by atoms with van der Waals surface area (Å²) in [7, 11) is 0. The molecule has 0 fully saturated rings. The van der Waals surface area contributed by atoms with Gasteiger partial charge >= 0.3 is 0 Å². The van der Waals surface area contributed by atoms with Crippen molar-refractivity contribution in [2.24, 2.45) is 0 Å². The van der Waals surface area contributed by atoms with E-state index in [0.717, 1.165) is 6.42 Å². The Morgan fingerprint density at radius 3 is 2.14 bits per heavy atom. The molecule has 0 bridgehead atoms. The van der Waals surface area contributed by atoms with Crippen LogP contribution >= 0.6 is 0 Å². The van der Waals surface area contributed by atoms with E-state index in [1.165, 1.54) is 16.7 Å². The van der Waals surface area contributed by atoms with Gasteiger partial charge in [-0.15, -0.1) is 0 Å². The van der Waals surface area contributed by atoms with Gasteiger partial charge in [-0.2, -0.15) is 0 Å². The molecule has 0 atom stereocenters. The topological polar surface area (TPSA) is 0 Å². The summed E-state index contributed by atoms with van der Waals surface area (Å²) in [6.45, 7) is 6.43. The molecule has 0 saturated heterocycles. The largest absolute Gasteiger partial charge is 0.0620 e. The van der Waals surface area contributed by atoms with Gasteiger partial charge in [0, 0.05) is 0 Å². The monoisotopic (exact) mass is 186 g/mol. The molecule has 0 N–H and O–H groups in total. The zero-order chi connectivity index (χ0) is 10.4. The van der Waals surface area contributed by atoms with Crippen LogP contribution in [0.3, 0.4) is 0 Å². The summed E-state index contributed by atoms with van der Waals surface area (Å²) >= 11 is 0.